The highest BCUT2D eigenvalue weighted by atomic mass is 32.1. The molecule has 1 aromatic heterocycles. The van der Waals surface area contributed by atoms with E-state index in [0.717, 1.165) is 19.5 Å². The number of likely N-dealkylation sites (N-methyl/N-ethyl adjacent to an activating group) is 1. The molecule has 4 N–H and O–H groups in total. The molecule has 2 heterocycles. The number of nitriles is 1. The van der Waals surface area contributed by atoms with Gasteiger partial charge in [0.25, 0.3) is 5.91 Å². The van der Waals surface area contributed by atoms with Gasteiger partial charge in [0.15, 0.2) is 0 Å². The lowest BCUT2D eigenvalue weighted by atomic mass is 10.2. The quantitative estimate of drug-likeness (QED) is 0.772. The minimum atomic E-state index is -0.255. The first-order chi connectivity index (χ1) is 9.58. The molecular formula is C13H19N5OS. The second-order valence-electron chi connectivity index (χ2n) is 4.90. The Morgan fingerprint density at radius 2 is 2.40 bits per heavy atom. The van der Waals surface area contributed by atoms with E-state index in [9.17, 15) is 10.1 Å². The minimum Gasteiger partial charge on any atom is -0.396 e. The van der Waals surface area contributed by atoms with E-state index in [-0.39, 0.29) is 11.6 Å². The number of rotatable bonds is 4. The summed E-state index contributed by atoms with van der Waals surface area (Å²) < 4.78 is 0. The summed E-state index contributed by atoms with van der Waals surface area (Å²) >= 11 is 1.24. The SMILES string of the molecule is CNC(=O)c1sc(NCC2CCCN2C)c(C#N)c1N. The van der Waals surface area contributed by atoms with E-state index >= 15 is 0 Å². The standard InChI is InChI=1S/C13H19N5OS/c1-16-12(19)11-10(15)9(6-14)13(20-11)17-7-8-4-3-5-18(8)2/h8,17H,3-5,7,15H2,1-2H3,(H,16,19). The van der Waals surface area contributed by atoms with Crippen LogP contribution in [0, 0.1) is 11.3 Å². The maximum absolute atomic E-state index is 11.7. The fourth-order valence-electron chi connectivity index (χ4n) is 2.41. The molecule has 1 saturated heterocycles. The third-order valence-corrected chi connectivity index (χ3v) is 4.82. The Balaban J connectivity index is 2.15. The van der Waals surface area contributed by atoms with Gasteiger partial charge in [0.1, 0.15) is 21.5 Å². The summed E-state index contributed by atoms with van der Waals surface area (Å²) in [6, 6.07) is 2.55. The number of carbonyl (C=O) groups excluding carboxylic acids is 1. The van der Waals surface area contributed by atoms with Crippen LogP contribution in [0.4, 0.5) is 10.7 Å². The molecule has 0 aliphatic carbocycles. The van der Waals surface area contributed by atoms with Crippen molar-refractivity contribution in [3.05, 3.63) is 10.4 Å². The maximum atomic E-state index is 11.7. The van der Waals surface area contributed by atoms with Crippen molar-refractivity contribution >= 4 is 27.9 Å². The first-order valence-electron chi connectivity index (χ1n) is 6.57. The molecule has 108 valence electrons. The van der Waals surface area contributed by atoms with Crippen molar-refractivity contribution in [1.29, 1.82) is 5.26 Å². The monoisotopic (exact) mass is 293 g/mol. The maximum Gasteiger partial charge on any atom is 0.263 e. The highest BCUT2D eigenvalue weighted by Crippen LogP contribution is 2.35. The Labute approximate surface area is 122 Å². The van der Waals surface area contributed by atoms with Gasteiger partial charge in [0.2, 0.25) is 0 Å². The summed E-state index contributed by atoms with van der Waals surface area (Å²) in [6.07, 6.45) is 2.35. The third kappa shape index (κ3) is 2.71. The molecule has 0 spiro atoms. The van der Waals surface area contributed by atoms with Crippen LogP contribution >= 0.6 is 11.3 Å². The Morgan fingerprint density at radius 3 is 2.95 bits per heavy atom. The molecule has 20 heavy (non-hydrogen) atoms. The lowest BCUT2D eigenvalue weighted by Gasteiger charge is -2.19. The molecule has 0 saturated carbocycles. The first-order valence-corrected chi connectivity index (χ1v) is 7.38. The Morgan fingerprint density at radius 1 is 1.65 bits per heavy atom. The van der Waals surface area contributed by atoms with Crippen molar-refractivity contribution < 1.29 is 4.79 Å². The second kappa shape index (κ2) is 6.11. The van der Waals surface area contributed by atoms with Gasteiger partial charge in [-0.25, -0.2) is 0 Å². The molecule has 1 unspecified atom stereocenters. The van der Waals surface area contributed by atoms with Gasteiger partial charge >= 0.3 is 0 Å². The molecule has 1 aliphatic heterocycles. The summed E-state index contributed by atoms with van der Waals surface area (Å²) in [6.45, 7) is 1.87. The van der Waals surface area contributed by atoms with Crippen LogP contribution in [-0.4, -0.2) is 44.0 Å². The van der Waals surface area contributed by atoms with Crippen LogP contribution in [0.1, 0.15) is 28.1 Å². The largest absolute Gasteiger partial charge is 0.396 e. The van der Waals surface area contributed by atoms with Gasteiger partial charge < -0.3 is 21.3 Å². The third-order valence-electron chi connectivity index (χ3n) is 3.66. The summed E-state index contributed by atoms with van der Waals surface area (Å²) in [5.41, 5.74) is 6.51. The minimum absolute atomic E-state index is 0.255. The van der Waals surface area contributed by atoms with Crippen LogP contribution < -0.4 is 16.4 Å². The van der Waals surface area contributed by atoms with Crippen molar-refractivity contribution in [2.24, 2.45) is 0 Å². The molecular weight excluding hydrogens is 274 g/mol. The zero-order chi connectivity index (χ0) is 14.7. The molecule has 6 nitrogen and oxygen atoms in total. The van der Waals surface area contributed by atoms with Crippen molar-refractivity contribution in [2.45, 2.75) is 18.9 Å². The van der Waals surface area contributed by atoms with Crippen LogP contribution in [0.25, 0.3) is 0 Å². The smallest absolute Gasteiger partial charge is 0.263 e. The summed E-state index contributed by atoms with van der Waals surface area (Å²) in [4.78, 5) is 14.4. The number of anilines is 2. The second-order valence-corrected chi connectivity index (χ2v) is 5.92. The molecule has 1 amide bonds. The van der Waals surface area contributed by atoms with E-state index in [2.05, 4.69) is 28.7 Å². The van der Waals surface area contributed by atoms with Crippen molar-refractivity contribution in [3.63, 3.8) is 0 Å². The van der Waals surface area contributed by atoms with E-state index in [4.69, 9.17) is 5.73 Å². The Hall–Kier alpha value is -1.78. The van der Waals surface area contributed by atoms with Gasteiger partial charge in [-0.05, 0) is 26.4 Å². The molecule has 1 fully saturated rings. The molecule has 1 aliphatic rings. The zero-order valence-electron chi connectivity index (χ0n) is 11.7. The molecule has 0 aromatic carbocycles. The Bertz CT molecular complexity index is 548. The number of hydrogen-bond donors (Lipinski definition) is 3. The average Bonchev–Trinajstić information content (AvgIpc) is 2.99. The summed E-state index contributed by atoms with van der Waals surface area (Å²) in [5, 5.41) is 15.7. The predicted octanol–water partition coefficient (Wildman–Crippen LogP) is 1.07. The van der Waals surface area contributed by atoms with E-state index < -0.39 is 0 Å². The number of nitrogens with zero attached hydrogens (tertiary/aromatic N) is 2. The fraction of sp³-hybridized carbons (Fsp3) is 0.538. The van der Waals surface area contributed by atoms with Crippen LogP contribution in [-0.2, 0) is 0 Å². The van der Waals surface area contributed by atoms with Gasteiger partial charge in [-0.2, -0.15) is 5.26 Å². The van der Waals surface area contributed by atoms with Gasteiger partial charge in [0, 0.05) is 19.6 Å². The van der Waals surface area contributed by atoms with Crippen LogP contribution in [0.5, 0.6) is 0 Å². The fourth-order valence-corrected chi connectivity index (χ4v) is 3.43. The molecule has 0 radical (unpaired) electrons. The predicted molar refractivity (Wildman–Crippen MR) is 81.0 cm³/mol. The molecule has 1 aromatic rings. The molecule has 7 heteroatoms. The first kappa shape index (κ1) is 14.6. The molecule has 2 rings (SSSR count). The Kier molecular flexibility index (Phi) is 4.47. The number of hydrogen-bond acceptors (Lipinski definition) is 6. The normalized spacial score (nSPS) is 18.8. The van der Waals surface area contributed by atoms with Crippen LogP contribution in [0.3, 0.4) is 0 Å². The van der Waals surface area contributed by atoms with Gasteiger partial charge in [-0.3, -0.25) is 4.79 Å². The van der Waals surface area contributed by atoms with Crippen molar-refractivity contribution in [3.8, 4) is 6.07 Å². The molecule has 1 atom stereocenters. The van der Waals surface area contributed by atoms with Gasteiger partial charge in [0.05, 0.1) is 5.69 Å². The lowest BCUT2D eigenvalue weighted by Crippen LogP contribution is -2.31. The van der Waals surface area contributed by atoms with E-state index in [0.29, 0.717) is 21.5 Å². The number of nitrogens with one attached hydrogen (secondary N) is 2. The van der Waals surface area contributed by atoms with E-state index in [1.54, 1.807) is 7.05 Å². The van der Waals surface area contributed by atoms with Crippen molar-refractivity contribution in [2.75, 3.05) is 38.2 Å². The number of nitrogen functional groups attached to an aromatic ring is 1. The zero-order valence-corrected chi connectivity index (χ0v) is 12.5. The number of likely N-dealkylation sites (tertiary alicyclic amines) is 1. The average molecular weight is 293 g/mol. The van der Waals surface area contributed by atoms with Gasteiger partial charge in [-0.1, -0.05) is 0 Å². The van der Waals surface area contributed by atoms with E-state index in [1.807, 2.05) is 0 Å². The topological polar surface area (TPSA) is 94.2 Å². The number of nitrogens with two attached hydrogens (primary N) is 1. The van der Waals surface area contributed by atoms with E-state index in [1.165, 1.54) is 17.8 Å². The van der Waals surface area contributed by atoms with Crippen LogP contribution in [0.2, 0.25) is 0 Å². The number of carbonyl (C=O) groups is 1. The summed E-state index contributed by atoms with van der Waals surface area (Å²) in [7, 11) is 3.65. The summed E-state index contributed by atoms with van der Waals surface area (Å²) in [5.74, 6) is -0.255. The number of amides is 1. The van der Waals surface area contributed by atoms with Crippen LogP contribution in [0.15, 0.2) is 0 Å². The highest BCUT2D eigenvalue weighted by molar-refractivity contribution is 7.18. The lowest BCUT2D eigenvalue weighted by molar-refractivity contribution is 0.0968. The highest BCUT2D eigenvalue weighted by Gasteiger charge is 2.23. The molecule has 0 bridgehead atoms. The van der Waals surface area contributed by atoms with Crippen molar-refractivity contribution in [1.82, 2.24) is 10.2 Å². The van der Waals surface area contributed by atoms with Gasteiger partial charge in [-0.15, -0.1) is 11.3 Å². The number of thiophene rings is 1.